The fourth-order valence-electron chi connectivity index (χ4n) is 10.7. The third-order valence-electron chi connectivity index (χ3n) is 11.9. The van der Waals surface area contributed by atoms with Gasteiger partial charge in [-0.25, -0.2) is 0 Å². The van der Waals surface area contributed by atoms with Crippen molar-refractivity contribution in [1.29, 1.82) is 0 Å². The smallest absolute Gasteiger partial charge is 0.312 e. The van der Waals surface area contributed by atoms with Gasteiger partial charge in [0.15, 0.2) is 0 Å². The van der Waals surface area contributed by atoms with Gasteiger partial charge in [0.05, 0.1) is 12.5 Å². The third kappa shape index (κ3) is 4.09. The highest BCUT2D eigenvalue weighted by Gasteiger charge is 2.66. The molecular weight excluding hydrogens is 436 g/mol. The van der Waals surface area contributed by atoms with Crippen LogP contribution in [-0.4, -0.2) is 25.2 Å². The van der Waals surface area contributed by atoms with Crippen molar-refractivity contribution >= 4 is 11.9 Å². The van der Waals surface area contributed by atoms with E-state index < -0.39 is 0 Å². The first-order valence-corrected chi connectivity index (χ1v) is 14.4. The number of ether oxygens (including phenoxy) is 2. The minimum atomic E-state index is -0.184. The Bertz CT molecular complexity index is 821. The number of methoxy groups -OCH3 is 1. The Hall–Kier alpha value is -1.32. The van der Waals surface area contributed by atoms with Crippen LogP contribution in [0.4, 0.5) is 0 Å². The fraction of sp³-hybridized carbons (Fsp3) is 0.871. The van der Waals surface area contributed by atoms with E-state index in [9.17, 15) is 9.59 Å². The largest absolute Gasteiger partial charge is 0.469 e. The molecule has 4 heteroatoms. The zero-order chi connectivity index (χ0) is 25.6. The van der Waals surface area contributed by atoms with Crippen molar-refractivity contribution in [2.75, 3.05) is 7.11 Å². The van der Waals surface area contributed by atoms with Gasteiger partial charge in [0, 0.05) is 6.92 Å². The minimum Gasteiger partial charge on any atom is -0.469 e. The van der Waals surface area contributed by atoms with Crippen molar-refractivity contribution in [2.24, 2.45) is 51.8 Å². The van der Waals surface area contributed by atoms with Crippen LogP contribution in [0.3, 0.4) is 0 Å². The number of carbonyl (C=O) groups is 2. The average molecular weight is 487 g/mol. The Balaban J connectivity index is 0.000000917. The number of fused-ring (bicyclic) bond motifs is 7. The Kier molecular flexibility index (Phi) is 7.53. The van der Waals surface area contributed by atoms with Gasteiger partial charge in [0.2, 0.25) is 0 Å². The molecular formula is C31H50O4. The normalized spacial score (nSPS) is 48.0. The van der Waals surface area contributed by atoms with Gasteiger partial charge in [0.25, 0.3) is 0 Å². The summed E-state index contributed by atoms with van der Waals surface area (Å²) in [5.74, 6) is 3.80. The summed E-state index contributed by atoms with van der Waals surface area (Å²) in [6.45, 7) is 14.4. The number of hydrogen-bond acceptors (Lipinski definition) is 4. The number of carbonyl (C=O) groups excluding carboxylic acids is 2. The third-order valence-corrected chi connectivity index (χ3v) is 11.9. The highest BCUT2D eigenvalue weighted by Crippen LogP contribution is 2.71. The lowest BCUT2D eigenvalue weighted by molar-refractivity contribution is -0.204. The van der Waals surface area contributed by atoms with E-state index in [-0.39, 0.29) is 23.5 Å². The predicted octanol–water partition coefficient (Wildman–Crippen LogP) is 7.36. The summed E-state index contributed by atoms with van der Waals surface area (Å²) in [7, 11) is 1.59. The number of hydrogen-bond donors (Lipinski definition) is 0. The number of rotatable bonds is 2. The van der Waals surface area contributed by atoms with Crippen LogP contribution in [0, 0.1) is 51.8 Å². The Morgan fingerprint density at radius 3 is 2.17 bits per heavy atom. The van der Waals surface area contributed by atoms with Crippen molar-refractivity contribution in [3.63, 3.8) is 0 Å². The molecule has 0 heterocycles. The lowest BCUT2D eigenvalue weighted by Gasteiger charge is -2.67. The van der Waals surface area contributed by atoms with Crippen LogP contribution in [0.2, 0.25) is 0 Å². The van der Waals surface area contributed by atoms with Crippen molar-refractivity contribution in [2.45, 2.75) is 111 Å². The molecule has 4 nitrogen and oxygen atoms in total. The molecule has 0 amide bonds. The standard InChI is InChI=1S/C28H44O4.C3H6/c1-17-20-10-14-27(4)21-11-16-28(25(30)31-5)13-6-7-22(28)19(21)8-9-24(27)26(20,3)15-12-23(17)32-18(2)29;1-3-2/h17,19-24H,6-16H2,1-5H3;3H,1H2,2H3. The van der Waals surface area contributed by atoms with Crippen molar-refractivity contribution in [3.8, 4) is 0 Å². The van der Waals surface area contributed by atoms with Gasteiger partial charge in [-0.1, -0.05) is 33.3 Å². The van der Waals surface area contributed by atoms with Crippen LogP contribution in [0.15, 0.2) is 12.7 Å². The van der Waals surface area contributed by atoms with Crippen molar-refractivity contribution < 1.29 is 19.1 Å². The second kappa shape index (κ2) is 9.86. The topological polar surface area (TPSA) is 52.6 Å². The molecule has 0 aromatic rings. The molecule has 5 saturated carbocycles. The monoisotopic (exact) mass is 486 g/mol. The van der Waals surface area contributed by atoms with Crippen LogP contribution in [0.1, 0.15) is 105 Å². The van der Waals surface area contributed by atoms with Crippen LogP contribution in [-0.2, 0) is 19.1 Å². The molecule has 5 rings (SSSR count). The first-order valence-electron chi connectivity index (χ1n) is 14.4. The Morgan fingerprint density at radius 1 is 0.886 bits per heavy atom. The highest BCUT2D eigenvalue weighted by atomic mass is 16.5. The van der Waals surface area contributed by atoms with E-state index in [1.54, 1.807) is 20.1 Å². The van der Waals surface area contributed by atoms with Crippen LogP contribution >= 0.6 is 0 Å². The molecule has 0 aromatic heterocycles. The second-order valence-electron chi connectivity index (χ2n) is 13.2. The summed E-state index contributed by atoms with van der Waals surface area (Å²) < 4.78 is 11.1. The van der Waals surface area contributed by atoms with Gasteiger partial charge in [-0.15, -0.1) is 6.58 Å². The summed E-state index contributed by atoms with van der Waals surface area (Å²) in [5.41, 5.74) is 0.546. The first-order chi connectivity index (χ1) is 16.6. The maximum Gasteiger partial charge on any atom is 0.312 e. The maximum atomic E-state index is 12.9. The average Bonchev–Trinajstić information content (AvgIpc) is 3.26. The molecule has 5 aliphatic rings. The molecule has 0 bridgehead atoms. The van der Waals surface area contributed by atoms with Gasteiger partial charge in [-0.3, -0.25) is 9.59 Å². The second-order valence-corrected chi connectivity index (χ2v) is 13.2. The molecule has 0 saturated heterocycles. The Labute approximate surface area is 214 Å². The van der Waals surface area contributed by atoms with E-state index in [1.807, 2.05) is 6.92 Å². The molecule has 5 fully saturated rings. The lowest BCUT2D eigenvalue weighted by atomic mass is 9.37. The van der Waals surface area contributed by atoms with Crippen LogP contribution < -0.4 is 0 Å². The summed E-state index contributed by atoms with van der Waals surface area (Å²) in [6.07, 6.45) is 14.9. The van der Waals surface area contributed by atoms with E-state index in [1.165, 1.54) is 51.4 Å². The van der Waals surface area contributed by atoms with E-state index in [2.05, 4.69) is 27.4 Å². The summed E-state index contributed by atoms with van der Waals surface area (Å²) >= 11 is 0. The molecule has 0 spiro atoms. The van der Waals surface area contributed by atoms with E-state index in [0.29, 0.717) is 34.5 Å². The quantitative estimate of drug-likeness (QED) is 0.302. The molecule has 0 N–H and O–H groups in total. The molecule has 0 aliphatic heterocycles. The van der Waals surface area contributed by atoms with E-state index in [4.69, 9.17) is 9.47 Å². The van der Waals surface area contributed by atoms with E-state index >= 15 is 0 Å². The van der Waals surface area contributed by atoms with Gasteiger partial charge >= 0.3 is 11.9 Å². The summed E-state index contributed by atoms with van der Waals surface area (Å²) in [4.78, 5) is 24.6. The number of allylic oxidation sites excluding steroid dienone is 1. The van der Waals surface area contributed by atoms with Gasteiger partial charge < -0.3 is 9.47 Å². The zero-order valence-corrected chi connectivity index (χ0v) is 23.2. The van der Waals surface area contributed by atoms with Crippen molar-refractivity contribution in [1.82, 2.24) is 0 Å². The van der Waals surface area contributed by atoms with Gasteiger partial charge in [-0.2, -0.15) is 0 Å². The molecule has 10 unspecified atom stereocenters. The van der Waals surface area contributed by atoms with Gasteiger partial charge in [0.1, 0.15) is 6.10 Å². The molecule has 0 radical (unpaired) electrons. The Morgan fingerprint density at radius 2 is 1.51 bits per heavy atom. The number of esters is 2. The SMILES string of the molecule is C=CC.COC(=O)C12CCCC1C1CCC3C4(C)CCC(OC(C)=O)C(C)C4CCC3(C)C1CC2. The summed E-state index contributed by atoms with van der Waals surface area (Å²) in [6, 6.07) is 0. The van der Waals surface area contributed by atoms with Crippen molar-refractivity contribution in [3.05, 3.63) is 12.7 Å². The van der Waals surface area contributed by atoms with Crippen LogP contribution in [0.5, 0.6) is 0 Å². The molecule has 5 aliphatic carbocycles. The fourth-order valence-corrected chi connectivity index (χ4v) is 10.7. The lowest BCUT2D eigenvalue weighted by Crippen LogP contribution is -2.61. The van der Waals surface area contributed by atoms with E-state index in [0.717, 1.165) is 31.1 Å². The molecule has 35 heavy (non-hydrogen) atoms. The van der Waals surface area contributed by atoms with Gasteiger partial charge in [-0.05, 0) is 117 Å². The maximum absolute atomic E-state index is 12.9. The summed E-state index contributed by atoms with van der Waals surface area (Å²) in [5, 5.41) is 0. The minimum absolute atomic E-state index is 0.0824. The first kappa shape index (κ1) is 26.7. The molecule has 198 valence electrons. The highest BCUT2D eigenvalue weighted by molar-refractivity contribution is 5.77. The van der Waals surface area contributed by atoms with Crippen LogP contribution in [0.25, 0.3) is 0 Å². The predicted molar refractivity (Wildman–Crippen MR) is 139 cm³/mol. The molecule has 10 atom stereocenters. The molecule has 0 aromatic carbocycles. The zero-order valence-electron chi connectivity index (χ0n) is 23.2.